The van der Waals surface area contributed by atoms with Crippen LogP contribution in [0.25, 0.3) is 10.4 Å². The molecule has 0 aromatic carbocycles. The number of aromatic nitrogens is 1. The average Bonchev–Trinajstić information content (AvgIpc) is 2.16. The smallest absolute Gasteiger partial charge is 0.260 e. The zero-order valence-electron chi connectivity index (χ0n) is 8.34. The highest BCUT2D eigenvalue weighted by Gasteiger charge is 2.17. The number of pyridine rings is 1. The molecule has 0 atom stereocenters. The molecule has 1 heterocycles. The number of azide groups is 1. The topological polar surface area (TPSA) is 105 Å². The molecule has 0 saturated heterocycles. The van der Waals surface area contributed by atoms with Crippen molar-refractivity contribution in [3.05, 3.63) is 43.6 Å². The number of nitrogens with zero attached hydrogens (tertiary/aromatic N) is 5. The Morgan fingerprint density at radius 3 is 2.87 bits per heavy atom. The summed E-state index contributed by atoms with van der Waals surface area (Å²) in [4.78, 5) is 16.9. The van der Waals surface area contributed by atoms with Gasteiger partial charge in [0.05, 0.1) is 17.2 Å². The fourth-order valence-corrected chi connectivity index (χ4v) is 1.30. The minimum atomic E-state index is -0.452. The van der Waals surface area contributed by atoms with Gasteiger partial charge in [-0.15, -0.1) is 0 Å². The second-order valence-corrected chi connectivity index (χ2v) is 3.01. The van der Waals surface area contributed by atoms with E-state index in [1.807, 2.05) is 0 Å². The highest BCUT2D eigenvalue weighted by atomic mass is 16.6. The maximum Gasteiger partial charge on any atom is 0.278 e. The molecule has 0 radical (unpaired) electrons. The Kier molecular flexibility index (Phi) is 3.20. The van der Waals surface area contributed by atoms with Gasteiger partial charge in [0.2, 0.25) is 0 Å². The Bertz CT molecular complexity index is 451. The minimum absolute atomic E-state index is 0.0312. The number of aryl methyl sites for hydroxylation is 1. The van der Waals surface area contributed by atoms with E-state index in [4.69, 9.17) is 5.53 Å². The zero-order valence-corrected chi connectivity index (χ0v) is 8.34. The SMILES string of the molecule is Cc1cnc(CN=[N+]=[N-])c(C)c1[N+](=O)[O-]. The van der Waals surface area contributed by atoms with Crippen LogP contribution in [0.4, 0.5) is 5.69 Å². The largest absolute Gasteiger partial charge is 0.278 e. The molecule has 0 fully saturated rings. The summed E-state index contributed by atoms with van der Waals surface area (Å²) in [7, 11) is 0. The van der Waals surface area contributed by atoms with Crippen LogP contribution >= 0.6 is 0 Å². The molecule has 0 unspecified atom stereocenters. The molecule has 0 spiro atoms. The molecule has 0 saturated carbocycles. The van der Waals surface area contributed by atoms with Gasteiger partial charge in [0, 0.05) is 22.2 Å². The summed E-state index contributed by atoms with van der Waals surface area (Å²) in [5.41, 5.74) is 9.57. The van der Waals surface area contributed by atoms with E-state index >= 15 is 0 Å². The van der Waals surface area contributed by atoms with Crippen LogP contribution in [0.5, 0.6) is 0 Å². The van der Waals surface area contributed by atoms with Gasteiger partial charge in [-0.3, -0.25) is 15.1 Å². The third kappa shape index (κ3) is 2.21. The molecule has 0 aliphatic carbocycles. The number of rotatable bonds is 3. The molecule has 1 aromatic heterocycles. The van der Waals surface area contributed by atoms with Crippen LogP contribution in [0, 0.1) is 24.0 Å². The molecule has 0 aliphatic heterocycles. The van der Waals surface area contributed by atoms with Crippen molar-refractivity contribution in [3.8, 4) is 0 Å². The van der Waals surface area contributed by atoms with Crippen LogP contribution in [-0.2, 0) is 6.54 Å². The van der Waals surface area contributed by atoms with Crippen LogP contribution in [-0.4, -0.2) is 9.91 Å². The highest BCUT2D eigenvalue weighted by Crippen LogP contribution is 2.24. The fraction of sp³-hybridized carbons (Fsp3) is 0.375. The van der Waals surface area contributed by atoms with E-state index in [2.05, 4.69) is 15.0 Å². The van der Waals surface area contributed by atoms with Gasteiger partial charge in [-0.1, -0.05) is 5.11 Å². The molecule has 7 nitrogen and oxygen atoms in total. The maximum atomic E-state index is 10.7. The standard InChI is InChI=1S/C8H9N5O2/c1-5-3-10-7(4-11-12-9)6(2)8(5)13(14)15/h3H,4H2,1-2H3. The van der Waals surface area contributed by atoms with E-state index in [9.17, 15) is 10.1 Å². The number of nitro groups is 1. The second kappa shape index (κ2) is 4.39. The molecule has 0 amide bonds. The molecule has 0 bridgehead atoms. The second-order valence-electron chi connectivity index (χ2n) is 3.01. The molecule has 78 valence electrons. The van der Waals surface area contributed by atoms with Crippen LogP contribution in [0.1, 0.15) is 16.8 Å². The first-order chi connectivity index (χ1) is 7.07. The third-order valence-corrected chi connectivity index (χ3v) is 2.04. The molecule has 0 aliphatic rings. The molecule has 7 heteroatoms. The van der Waals surface area contributed by atoms with Crippen LogP contribution in [0.2, 0.25) is 0 Å². The van der Waals surface area contributed by atoms with E-state index in [0.29, 0.717) is 16.8 Å². The normalized spacial score (nSPS) is 9.47. The molecule has 1 aromatic rings. The lowest BCUT2D eigenvalue weighted by Crippen LogP contribution is -2.01. The van der Waals surface area contributed by atoms with E-state index in [1.165, 1.54) is 6.20 Å². The van der Waals surface area contributed by atoms with Gasteiger partial charge in [-0.25, -0.2) is 0 Å². The quantitative estimate of drug-likeness (QED) is 0.250. The zero-order chi connectivity index (χ0) is 11.4. The van der Waals surface area contributed by atoms with Gasteiger partial charge >= 0.3 is 0 Å². The summed E-state index contributed by atoms with van der Waals surface area (Å²) >= 11 is 0. The predicted molar refractivity (Wildman–Crippen MR) is 53.2 cm³/mol. The van der Waals surface area contributed by atoms with Crippen molar-refractivity contribution in [3.63, 3.8) is 0 Å². The van der Waals surface area contributed by atoms with E-state index < -0.39 is 4.92 Å². The minimum Gasteiger partial charge on any atom is -0.260 e. The van der Waals surface area contributed by atoms with Crippen LogP contribution < -0.4 is 0 Å². The molecule has 1 rings (SSSR count). The van der Waals surface area contributed by atoms with Gasteiger partial charge in [-0.05, 0) is 19.4 Å². The Morgan fingerprint density at radius 1 is 1.67 bits per heavy atom. The third-order valence-electron chi connectivity index (χ3n) is 2.04. The van der Waals surface area contributed by atoms with Crippen LogP contribution in [0.3, 0.4) is 0 Å². The van der Waals surface area contributed by atoms with Crippen molar-refractivity contribution < 1.29 is 4.92 Å². The van der Waals surface area contributed by atoms with Crippen molar-refractivity contribution in [2.24, 2.45) is 5.11 Å². The van der Waals surface area contributed by atoms with Crippen molar-refractivity contribution in [2.45, 2.75) is 20.4 Å². The lowest BCUT2D eigenvalue weighted by molar-refractivity contribution is -0.386. The van der Waals surface area contributed by atoms with Gasteiger partial charge in [0.25, 0.3) is 5.69 Å². The van der Waals surface area contributed by atoms with Crippen molar-refractivity contribution in [2.75, 3.05) is 0 Å². The Balaban J connectivity index is 3.27. The first-order valence-electron chi connectivity index (χ1n) is 4.18. The summed E-state index contributed by atoms with van der Waals surface area (Å²) in [6, 6.07) is 0. The molecular weight excluding hydrogens is 198 g/mol. The summed E-state index contributed by atoms with van der Waals surface area (Å²) in [5.74, 6) is 0. The Labute approximate surface area is 85.5 Å². The Hall–Kier alpha value is -2.14. The van der Waals surface area contributed by atoms with Gasteiger partial charge < -0.3 is 0 Å². The monoisotopic (exact) mass is 207 g/mol. The lowest BCUT2D eigenvalue weighted by atomic mass is 10.1. The summed E-state index contributed by atoms with van der Waals surface area (Å²) in [6.45, 7) is 3.25. The fourth-order valence-electron chi connectivity index (χ4n) is 1.30. The first-order valence-corrected chi connectivity index (χ1v) is 4.18. The number of hydrogen-bond acceptors (Lipinski definition) is 4. The van der Waals surface area contributed by atoms with E-state index in [0.717, 1.165) is 0 Å². The van der Waals surface area contributed by atoms with Crippen molar-refractivity contribution >= 4 is 5.69 Å². The van der Waals surface area contributed by atoms with E-state index in [-0.39, 0.29) is 12.2 Å². The molecule has 15 heavy (non-hydrogen) atoms. The van der Waals surface area contributed by atoms with Crippen LogP contribution in [0.15, 0.2) is 11.3 Å². The lowest BCUT2D eigenvalue weighted by Gasteiger charge is -2.04. The highest BCUT2D eigenvalue weighted by molar-refractivity contribution is 5.47. The predicted octanol–water partition coefficient (Wildman–Crippen LogP) is 2.42. The van der Waals surface area contributed by atoms with Gasteiger partial charge in [0.1, 0.15) is 0 Å². The summed E-state index contributed by atoms with van der Waals surface area (Å²) in [5, 5.41) is 14.1. The Morgan fingerprint density at radius 2 is 2.33 bits per heavy atom. The summed E-state index contributed by atoms with van der Waals surface area (Å²) in [6.07, 6.45) is 1.41. The average molecular weight is 207 g/mol. The van der Waals surface area contributed by atoms with Crippen molar-refractivity contribution in [1.29, 1.82) is 0 Å². The van der Waals surface area contributed by atoms with Gasteiger partial charge in [0.15, 0.2) is 0 Å². The number of hydrogen-bond donors (Lipinski definition) is 0. The van der Waals surface area contributed by atoms with E-state index in [1.54, 1.807) is 13.8 Å². The van der Waals surface area contributed by atoms with Crippen molar-refractivity contribution in [1.82, 2.24) is 4.98 Å². The van der Waals surface area contributed by atoms with Gasteiger partial charge in [-0.2, -0.15) is 0 Å². The molecular formula is C8H9N5O2. The maximum absolute atomic E-state index is 10.7. The first kappa shape index (κ1) is 10.9. The molecule has 0 N–H and O–H groups in total. The summed E-state index contributed by atoms with van der Waals surface area (Å²) < 4.78 is 0.